The van der Waals surface area contributed by atoms with Gasteiger partial charge in [0.05, 0.1) is 18.8 Å². The number of nitrogens with zero attached hydrogens (tertiary/aromatic N) is 1. The molecular formula is C21H28N2O4. The van der Waals surface area contributed by atoms with Crippen LogP contribution in [0, 0.1) is 5.41 Å². The number of amides is 1. The minimum absolute atomic E-state index is 0.0302. The first-order valence-corrected chi connectivity index (χ1v) is 9.83. The average Bonchev–Trinajstić information content (AvgIpc) is 2.73. The zero-order valence-corrected chi connectivity index (χ0v) is 15.7. The van der Waals surface area contributed by atoms with Crippen molar-refractivity contribution < 1.29 is 19.0 Å². The third-order valence-corrected chi connectivity index (χ3v) is 5.76. The number of benzene rings is 1. The predicted octanol–water partition coefficient (Wildman–Crippen LogP) is 1.71. The van der Waals surface area contributed by atoms with Crippen LogP contribution in [0.25, 0.3) is 6.08 Å². The molecule has 3 aliphatic rings. The molecule has 3 aliphatic heterocycles. The van der Waals surface area contributed by atoms with Crippen LogP contribution in [0.2, 0.25) is 0 Å². The Morgan fingerprint density at radius 1 is 1.07 bits per heavy atom. The Morgan fingerprint density at radius 3 is 2.63 bits per heavy atom. The Kier molecular flexibility index (Phi) is 5.76. The number of carbonyl (C=O) groups is 1. The number of hydrogen-bond acceptors (Lipinski definition) is 5. The highest BCUT2D eigenvalue weighted by molar-refractivity contribution is 5.99. The van der Waals surface area contributed by atoms with Crippen LogP contribution in [-0.4, -0.2) is 70.0 Å². The number of morpholine rings is 1. The lowest BCUT2D eigenvalue weighted by molar-refractivity contribution is -0.119. The number of fused-ring (bicyclic) bond motifs is 1. The zero-order chi connectivity index (χ0) is 18.5. The normalized spacial score (nSPS) is 22.3. The molecule has 0 radical (unpaired) electrons. The maximum Gasteiger partial charge on any atom is 0.250 e. The fraction of sp³-hybridized carbons (Fsp3) is 0.571. The fourth-order valence-corrected chi connectivity index (χ4v) is 4.06. The quantitative estimate of drug-likeness (QED) is 0.853. The molecule has 6 nitrogen and oxygen atoms in total. The average molecular weight is 372 g/mol. The second-order valence-electron chi connectivity index (χ2n) is 7.68. The third kappa shape index (κ3) is 4.51. The van der Waals surface area contributed by atoms with Gasteiger partial charge in [-0.1, -0.05) is 18.2 Å². The first-order chi connectivity index (χ1) is 13.2. The van der Waals surface area contributed by atoms with Crippen LogP contribution in [-0.2, 0) is 14.3 Å². The maximum absolute atomic E-state index is 12.8. The van der Waals surface area contributed by atoms with E-state index >= 15 is 0 Å². The lowest BCUT2D eigenvalue weighted by Crippen LogP contribution is -2.51. The lowest BCUT2D eigenvalue weighted by atomic mass is 9.79. The monoisotopic (exact) mass is 372 g/mol. The van der Waals surface area contributed by atoms with E-state index in [0.29, 0.717) is 18.7 Å². The minimum Gasteiger partial charge on any atom is -0.488 e. The molecule has 0 spiro atoms. The van der Waals surface area contributed by atoms with Crippen LogP contribution in [0.5, 0.6) is 5.75 Å². The van der Waals surface area contributed by atoms with Gasteiger partial charge in [0.25, 0.3) is 5.91 Å². The first kappa shape index (κ1) is 18.5. The highest BCUT2D eigenvalue weighted by atomic mass is 16.5. The van der Waals surface area contributed by atoms with E-state index in [2.05, 4.69) is 10.2 Å². The maximum atomic E-state index is 12.8. The van der Waals surface area contributed by atoms with Gasteiger partial charge in [-0.15, -0.1) is 0 Å². The van der Waals surface area contributed by atoms with Gasteiger partial charge in [-0.05, 0) is 25.0 Å². The molecule has 1 amide bonds. The summed E-state index contributed by atoms with van der Waals surface area (Å²) in [7, 11) is 0. The molecule has 146 valence electrons. The molecule has 6 heteroatoms. The molecule has 4 rings (SSSR count). The second-order valence-corrected chi connectivity index (χ2v) is 7.68. The van der Waals surface area contributed by atoms with E-state index in [1.807, 2.05) is 30.3 Å². The topological polar surface area (TPSA) is 60.0 Å². The van der Waals surface area contributed by atoms with E-state index in [1.165, 1.54) is 0 Å². The van der Waals surface area contributed by atoms with Crippen LogP contribution in [0.3, 0.4) is 0 Å². The highest BCUT2D eigenvalue weighted by Crippen LogP contribution is 2.32. The summed E-state index contributed by atoms with van der Waals surface area (Å²) in [5, 5.41) is 3.18. The van der Waals surface area contributed by atoms with Crippen molar-refractivity contribution in [2.75, 3.05) is 59.2 Å². The summed E-state index contributed by atoms with van der Waals surface area (Å²) in [5.74, 6) is 0.805. The molecule has 1 N–H and O–H groups in total. The van der Waals surface area contributed by atoms with Crippen molar-refractivity contribution in [1.29, 1.82) is 0 Å². The van der Waals surface area contributed by atoms with Gasteiger partial charge in [-0.2, -0.15) is 0 Å². The van der Waals surface area contributed by atoms with Crippen molar-refractivity contribution in [3.05, 3.63) is 35.4 Å². The van der Waals surface area contributed by atoms with Crippen molar-refractivity contribution in [1.82, 2.24) is 10.2 Å². The molecule has 0 saturated carbocycles. The molecule has 0 unspecified atom stereocenters. The van der Waals surface area contributed by atoms with Crippen LogP contribution in [0.4, 0.5) is 0 Å². The predicted molar refractivity (Wildman–Crippen MR) is 103 cm³/mol. The van der Waals surface area contributed by atoms with Crippen molar-refractivity contribution in [3.63, 3.8) is 0 Å². The summed E-state index contributed by atoms with van der Waals surface area (Å²) in [4.78, 5) is 15.2. The second kappa shape index (κ2) is 8.42. The Morgan fingerprint density at radius 2 is 1.81 bits per heavy atom. The number of carbonyl (C=O) groups excluding carboxylic acids is 1. The van der Waals surface area contributed by atoms with Crippen LogP contribution < -0.4 is 10.1 Å². The Bertz CT molecular complexity index is 691. The molecule has 0 atom stereocenters. The molecule has 2 saturated heterocycles. The number of nitrogens with one attached hydrogen (secondary N) is 1. The molecule has 27 heavy (non-hydrogen) atoms. The van der Waals surface area contributed by atoms with E-state index in [-0.39, 0.29) is 11.3 Å². The molecule has 0 aromatic heterocycles. The standard InChI is InChI=1S/C21H28N2O4/c24-20(18-13-17-3-1-2-4-19(17)27-14-18)22-15-21(5-9-25-10-6-21)16-23-7-11-26-12-8-23/h1-4,13H,5-12,14-16H2,(H,22,24). The van der Waals surface area contributed by atoms with Gasteiger partial charge in [0.15, 0.2) is 0 Å². The Balaban J connectivity index is 1.40. The van der Waals surface area contributed by atoms with Gasteiger partial charge in [0.2, 0.25) is 0 Å². The molecule has 1 aromatic carbocycles. The van der Waals surface area contributed by atoms with Gasteiger partial charge in [0, 0.05) is 50.4 Å². The summed E-state index contributed by atoms with van der Waals surface area (Å²) in [6, 6.07) is 7.80. The van der Waals surface area contributed by atoms with Gasteiger partial charge < -0.3 is 19.5 Å². The van der Waals surface area contributed by atoms with Crippen LogP contribution >= 0.6 is 0 Å². The van der Waals surface area contributed by atoms with Crippen molar-refractivity contribution in [2.45, 2.75) is 12.8 Å². The number of ether oxygens (including phenoxy) is 3. The summed E-state index contributed by atoms with van der Waals surface area (Å²) in [6.07, 6.45) is 3.89. The van der Waals surface area contributed by atoms with E-state index < -0.39 is 0 Å². The molecule has 0 aliphatic carbocycles. The van der Waals surface area contributed by atoms with Gasteiger partial charge in [-0.25, -0.2) is 0 Å². The summed E-state index contributed by atoms with van der Waals surface area (Å²) in [5.41, 5.74) is 1.71. The van der Waals surface area contributed by atoms with Gasteiger partial charge in [0.1, 0.15) is 12.4 Å². The van der Waals surface area contributed by atoms with Gasteiger partial charge >= 0.3 is 0 Å². The number of para-hydroxylation sites is 1. The van der Waals surface area contributed by atoms with Crippen LogP contribution in [0.15, 0.2) is 29.8 Å². The number of rotatable bonds is 5. The molecule has 2 fully saturated rings. The van der Waals surface area contributed by atoms with Gasteiger partial charge in [-0.3, -0.25) is 9.69 Å². The van der Waals surface area contributed by atoms with E-state index in [1.54, 1.807) is 0 Å². The summed E-state index contributed by atoms with van der Waals surface area (Å²) >= 11 is 0. The SMILES string of the molecule is O=C(NCC1(CN2CCOCC2)CCOCC1)C1=Cc2ccccc2OC1. The summed E-state index contributed by atoms with van der Waals surface area (Å²) < 4.78 is 16.8. The molecular weight excluding hydrogens is 344 g/mol. The largest absolute Gasteiger partial charge is 0.488 e. The van der Waals surface area contributed by atoms with Crippen molar-refractivity contribution in [2.24, 2.45) is 5.41 Å². The van der Waals surface area contributed by atoms with Crippen molar-refractivity contribution >= 4 is 12.0 Å². The minimum atomic E-state index is -0.0302. The third-order valence-electron chi connectivity index (χ3n) is 5.76. The molecule has 0 bridgehead atoms. The smallest absolute Gasteiger partial charge is 0.250 e. The lowest BCUT2D eigenvalue weighted by Gasteiger charge is -2.42. The van der Waals surface area contributed by atoms with Crippen molar-refractivity contribution in [3.8, 4) is 5.75 Å². The zero-order valence-electron chi connectivity index (χ0n) is 15.7. The molecule has 1 aromatic rings. The Hall–Kier alpha value is -1.89. The Labute approximate surface area is 160 Å². The van der Waals surface area contributed by atoms with E-state index in [9.17, 15) is 4.79 Å². The fourth-order valence-electron chi connectivity index (χ4n) is 4.06. The first-order valence-electron chi connectivity index (χ1n) is 9.83. The van der Waals surface area contributed by atoms with E-state index in [4.69, 9.17) is 14.2 Å². The molecule has 3 heterocycles. The van der Waals surface area contributed by atoms with E-state index in [0.717, 1.165) is 70.2 Å². The van der Waals surface area contributed by atoms with Crippen LogP contribution in [0.1, 0.15) is 18.4 Å². The number of hydrogen-bond donors (Lipinski definition) is 1. The summed E-state index contributed by atoms with van der Waals surface area (Å²) in [6.45, 7) is 7.02. The highest BCUT2D eigenvalue weighted by Gasteiger charge is 2.35.